The van der Waals surface area contributed by atoms with Crippen molar-refractivity contribution in [1.82, 2.24) is 5.32 Å². The molecule has 0 bridgehead atoms. The number of carbonyl (C=O) groups excluding carboxylic acids is 2. The molecule has 0 rings (SSSR count). The highest BCUT2D eigenvalue weighted by molar-refractivity contribution is 5.76. The van der Waals surface area contributed by atoms with E-state index in [1.165, 1.54) is 161 Å². The Kier molecular flexibility index (Phi) is 53.1. The Morgan fingerprint density at radius 3 is 1.21 bits per heavy atom. The van der Waals surface area contributed by atoms with E-state index in [0.29, 0.717) is 19.4 Å². The number of unbranched alkanes of at least 4 members (excludes halogenated alkanes) is 33. The van der Waals surface area contributed by atoms with Crippen molar-refractivity contribution >= 4 is 11.9 Å². The van der Waals surface area contributed by atoms with Crippen LogP contribution < -0.4 is 5.32 Å². The van der Waals surface area contributed by atoms with Crippen molar-refractivity contribution in [3.8, 4) is 0 Å². The van der Waals surface area contributed by atoms with E-state index in [0.717, 1.165) is 96.3 Å². The summed E-state index contributed by atoms with van der Waals surface area (Å²) in [5.41, 5.74) is 0. The lowest BCUT2D eigenvalue weighted by Crippen LogP contribution is -2.45. The third-order valence-corrected chi connectivity index (χ3v) is 12.7. The van der Waals surface area contributed by atoms with Gasteiger partial charge in [0.1, 0.15) is 0 Å². The minimum atomic E-state index is -0.857. The molecule has 0 saturated heterocycles. The fourth-order valence-corrected chi connectivity index (χ4v) is 8.35. The largest absolute Gasteiger partial charge is 0.466 e. The lowest BCUT2D eigenvalue weighted by atomic mass is 10.0. The zero-order valence-electron chi connectivity index (χ0n) is 43.7. The molecule has 2 atom stereocenters. The van der Waals surface area contributed by atoms with Gasteiger partial charge in [-0.15, -0.1) is 0 Å². The number of allylic oxidation sites excluding steroid dienone is 9. The van der Waals surface area contributed by atoms with Crippen LogP contribution in [-0.4, -0.2) is 47.4 Å². The molecule has 0 saturated carbocycles. The molecule has 1 amide bonds. The minimum absolute atomic E-state index is 0.0325. The van der Waals surface area contributed by atoms with E-state index < -0.39 is 12.1 Å². The normalized spacial score (nSPS) is 13.1. The summed E-state index contributed by atoms with van der Waals surface area (Å²) in [7, 11) is 0. The van der Waals surface area contributed by atoms with Crippen molar-refractivity contribution in [2.24, 2.45) is 0 Å². The van der Waals surface area contributed by atoms with Crippen LogP contribution in [0.25, 0.3) is 0 Å². The predicted molar refractivity (Wildman–Crippen MR) is 287 cm³/mol. The van der Waals surface area contributed by atoms with Crippen LogP contribution >= 0.6 is 0 Å². The number of aliphatic hydroxyl groups is 2. The third kappa shape index (κ3) is 51.0. The molecule has 6 nitrogen and oxygen atoms in total. The lowest BCUT2D eigenvalue weighted by Gasteiger charge is -2.20. The SMILES string of the molecule is CCC/C=C\C/C=C\CCCCCCCC(=O)OCCCCC/C=C\C/C=C\CCCCCCCCCC(=O)NC(CO)C(O)/C=C/CCCCCCCCCCCCCCCCCCC. The van der Waals surface area contributed by atoms with E-state index in [1.54, 1.807) is 6.08 Å². The highest BCUT2D eigenvalue weighted by Crippen LogP contribution is 2.16. The number of esters is 1. The van der Waals surface area contributed by atoms with Gasteiger partial charge in [-0.3, -0.25) is 9.59 Å². The Balaban J connectivity index is 3.55. The molecule has 0 aromatic rings. The van der Waals surface area contributed by atoms with Crippen LogP contribution in [0.2, 0.25) is 0 Å². The number of rotatable bonds is 52. The molecule has 2 unspecified atom stereocenters. The Morgan fingerprint density at radius 2 is 0.788 bits per heavy atom. The minimum Gasteiger partial charge on any atom is -0.466 e. The van der Waals surface area contributed by atoms with Crippen LogP contribution in [0.5, 0.6) is 0 Å². The van der Waals surface area contributed by atoms with Crippen LogP contribution in [0, 0.1) is 0 Å². The number of carbonyl (C=O) groups is 2. The molecule has 384 valence electrons. The van der Waals surface area contributed by atoms with E-state index in [4.69, 9.17) is 4.74 Å². The van der Waals surface area contributed by atoms with Crippen molar-refractivity contribution in [2.75, 3.05) is 13.2 Å². The molecular weight excluding hydrogens is 815 g/mol. The second-order valence-electron chi connectivity index (χ2n) is 19.3. The van der Waals surface area contributed by atoms with Gasteiger partial charge in [0.05, 0.1) is 25.4 Å². The van der Waals surface area contributed by atoms with Crippen LogP contribution in [0.1, 0.15) is 284 Å². The second kappa shape index (κ2) is 55.2. The van der Waals surface area contributed by atoms with Gasteiger partial charge in [0.15, 0.2) is 0 Å². The van der Waals surface area contributed by atoms with Crippen LogP contribution in [0.3, 0.4) is 0 Å². The van der Waals surface area contributed by atoms with E-state index in [-0.39, 0.29) is 18.5 Å². The molecule has 3 N–H and O–H groups in total. The molecule has 0 fully saturated rings. The molecule has 0 aliphatic rings. The highest BCUT2D eigenvalue weighted by Gasteiger charge is 2.18. The van der Waals surface area contributed by atoms with Gasteiger partial charge in [-0.2, -0.15) is 0 Å². The zero-order valence-corrected chi connectivity index (χ0v) is 43.7. The maximum atomic E-state index is 12.5. The maximum absolute atomic E-state index is 12.5. The summed E-state index contributed by atoms with van der Waals surface area (Å²) in [5, 5.41) is 23.1. The number of nitrogens with one attached hydrogen (secondary N) is 1. The number of hydrogen-bond acceptors (Lipinski definition) is 5. The first-order valence-electron chi connectivity index (χ1n) is 28.6. The molecule has 0 aliphatic carbocycles. The van der Waals surface area contributed by atoms with Gasteiger partial charge in [-0.25, -0.2) is 0 Å². The second-order valence-corrected chi connectivity index (χ2v) is 19.3. The van der Waals surface area contributed by atoms with Gasteiger partial charge in [0.2, 0.25) is 5.91 Å². The molecule has 0 spiro atoms. The van der Waals surface area contributed by atoms with Crippen molar-refractivity contribution in [1.29, 1.82) is 0 Å². The molecule has 0 aliphatic heterocycles. The van der Waals surface area contributed by atoms with E-state index >= 15 is 0 Å². The van der Waals surface area contributed by atoms with Crippen molar-refractivity contribution in [2.45, 2.75) is 296 Å². The predicted octanol–water partition coefficient (Wildman–Crippen LogP) is 17.6. The summed E-state index contributed by atoms with van der Waals surface area (Å²) in [6, 6.07) is -0.642. The Morgan fingerprint density at radius 1 is 0.424 bits per heavy atom. The van der Waals surface area contributed by atoms with Crippen LogP contribution in [-0.2, 0) is 14.3 Å². The van der Waals surface area contributed by atoms with Crippen molar-refractivity contribution in [3.05, 3.63) is 60.8 Å². The fourth-order valence-electron chi connectivity index (χ4n) is 8.35. The summed E-state index contributed by atoms with van der Waals surface area (Å²) < 4.78 is 5.43. The Hall–Kier alpha value is -2.44. The number of amides is 1. The first-order chi connectivity index (χ1) is 32.5. The molecule has 6 heteroatoms. The summed E-state index contributed by atoms with van der Waals surface area (Å²) in [6.45, 7) is 4.79. The first-order valence-corrected chi connectivity index (χ1v) is 28.6. The summed E-state index contributed by atoms with van der Waals surface area (Å²) in [6.07, 6.45) is 70.9. The number of hydrogen-bond donors (Lipinski definition) is 3. The van der Waals surface area contributed by atoms with E-state index in [2.05, 4.69) is 67.8 Å². The maximum Gasteiger partial charge on any atom is 0.305 e. The molecule has 0 aromatic carbocycles. The van der Waals surface area contributed by atoms with Crippen LogP contribution in [0.4, 0.5) is 0 Å². The quantitative estimate of drug-likeness (QED) is 0.0321. The fraction of sp³-hybridized carbons (Fsp3) is 0.800. The molecule has 0 aromatic heterocycles. The van der Waals surface area contributed by atoms with Gasteiger partial charge >= 0.3 is 5.97 Å². The third-order valence-electron chi connectivity index (χ3n) is 12.7. The first kappa shape index (κ1) is 63.6. The lowest BCUT2D eigenvalue weighted by molar-refractivity contribution is -0.143. The van der Waals surface area contributed by atoms with Crippen molar-refractivity contribution < 1.29 is 24.5 Å². The van der Waals surface area contributed by atoms with Gasteiger partial charge in [-0.05, 0) is 96.3 Å². The van der Waals surface area contributed by atoms with Crippen LogP contribution in [0.15, 0.2) is 60.8 Å². The zero-order chi connectivity index (χ0) is 47.9. The van der Waals surface area contributed by atoms with E-state index in [9.17, 15) is 19.8 Å². The van der Waals surface area contributed by atoms with Gasteiger partial charge in [0.25, 0.3) is 0 Å². The van der Waals surface area contributed by atoms with Gasteiger partial charge in [0, 0.05) is 12.8 Å². The smallest absolute Gasteiger partial charge is 0.305 e. The van der Waals surface area contributed by atoms with E-state index in [1.807, 2.05) is 6.08 Å². The molecule has 0 radical (unpaired) electrons. The van der Waals surface area contributed by atoms with Gasteiger partial charge < -0.3 is 20.3 Å². The van der Waals surface area contributed by atoms with Crippen molar-refractivity contribution in [3.63, 3.8) is 0 Å². The molecule has 66 heavy (non-hydrogen) atoms. The summed E-state index contributed by atoms with van der Waals surface area (Å²) in [5.74, 6) is -0.117. The Bertz CT molecular complexity index is 1160. The number of aliphatic hydroxyl groups excluding tert-OH is 2. The average Bonchev–Trinajstić information content (AvgIpc) is 3.32. The average molecular weight is 925 g/mol. The molecule has 0 heterocycles. The monoisotopic (exact) mass is 924 g/mol. The molecular formula is C60H109NO5. The highest BCUT2D eigenvalue weighted by atomic mass is 16.5. The van der Waals surface area contributed by atoms with Gasteiger partial charge in [-0.1, -0.05) is 235 Å². The summed E-state index contributed by atoms with van der Waals surface area (Å²) >= 11 is 0. The summed E-state index contributed by atoms with van der Waals surface area (Å²) in [4.78, 5) is 24.5. The number of ether oxygens (including phenoxy) is 1. The topological polar surface area (TPSA) is 95.9 Å². The Labute approximate surface area is 409 Å². The standard InChI is InChI=1S/C60H109NO5/c1-3-5-7-9-11-13-15-17-18-19-20-22-25-29-32-36-40-44-48-52-58(63)57(56-62)61-59(64)53-49-45-41-37-33-30-26-23-21-24-27-31-35-39-43-47-51-55-66-60(65)54-50-46-42-38-34-28-16-14-12-10-8-6-4-2/h8,10,14,16,21,24,31,35,48,52,57-58,62-63H,3-7,9,11-13,15,17-20,22-23,25-30,32-34,36-47,49-51,53-56H2,1-2H3,(H,61,64)/b10-8-,16-14-,24-21-,35-31-,52-48+.